The van der Waals surface area contributed by atoms with Gasteiger partial charge in [0.25, 0.3) is 5.91 Å². The minimum atomic E-state index is -0.655. The highest BCUT2D eigenvalue weighted by Gasteiger charge is 2.31. The Bertz CT molecular complexity index is 3280. The lowest BCUT2D eigenvalue weighted by molar-refractivity contribution is -0.147. The third-order valence-corrected chi connectivity index (χ3v) is 15.3. The number of aryl methyl sites for hydroxylation is 1. The summed E-state index contributed by atoms with van der Waals surface area (Å²) in [7, 11) is 1.78. The van der Waals surface area contributed by atoms with Gasteiger partial charge in [0.15, 0.2) is 11.5 Å². The van der Waals surface area contributed by atoms with E-state index < -0.39 is 29.5 Å². The lowest BCUT2D eigenvalue weighted by Crippen LogP contribution is -2.40. The standard InChI is InChI=1S/C58H71FN14O8/c1-36(2)81-53(79)34-63-49(75)33-62-50(76)35-73-45-10-7-9-42(43-30-46-40(29-44(43)59)31-65-69(46)3)54(45)55(68-73)39-20-27-72(28-21-39)52(78)17-16-48(74)61-22-8-11-51(77)71-25-18-38(19-26-71)37-12-14-41(15-13-37)66-58-56(57(60)80)64-32-47(67-58)70-23-5-4-6-24-70/h7,9-10,12-15,29-32,36,38-39H,4-6,8,11,16-28,33-35H2,1-3H3,(H2,60,80)(H,61,74)(H,62,76)(H,63,75)(H,66,67). The third-order valence-electron chi connectivity index (χ3n) is 15.3. The van der Waals surface area contributed by atoms with Crippen molar-refractivity contribution in [3.05, 3.63) is 89.8 Å². The number of anilines is 3. The summed E-state index contributed by atoms with van der Waals surface area (Å²) in [5.74, 6) is -2.02. The molecule has 9 rings (SSSR count). The highest BCUT2D eigenvalue weighted by molar-refractivity contribution is 6.00. The van der Waals surface area contributed by atoms with Gasteiger partial charge >= 0.3 is 5.97 Å². The number of hydrogen-bond acceptors (Lipinski definition) is 14. The number of fused-ring (bicyclic) bond motifs is 2. The van der Waals surface area contributed by atoms with Crippen LogP contribution in [0.2, 0.25) is 0 Å². The van der Waals surface area contributed by atoms with Crippen LogP contribution in [0.15, 0.2) is 67.0 Å². The summed E-state index contributed by atoms with van der Waals surface area (Å²) in [6, 6.07) is 16.6. The molecule has 6 aromatic rings. The SMILES string of the molecule is CC(C)OC(=O)CNC(=O)CNC(=O)Cn1nc(C2CCN(C(=O)CCC(=O)NCCCC(=O)N3CCC(c4ccc(Nc5nc(N6CCCCC6)cnc5C(N)=O)cc4)CC3)CC2)c2c(-c3cc4c(cnn4C)cc3F)cccc21. The second kappa shape index (κ2) is 26.2. The lowest BCUT2D eigenvalue weighted by Gasteiger charge is -2.32. The molecular formula is C58H71FN14O8. The minimum absolute atomic E-state index is 0.00503. The number of halogens is 1. The van der Waals surface area contributed by atoms with Crippen molar-refractivity contribution in [1.82, 2.24) is 55.3 Å². The molecule has 0 spiro atoms. The summed E-state index contributed by atoms with van der Waals surface area (Å²) in [5.41, 5.74) is 10.5. The minimum Gasteiger partial charge on any atom is -0.462 e. The zero-order chi connectivity index (χ0) is 57.2. The van der Waals surface area contributed by atoms with Crippen molar-refractivity contribution in [1.29, 1.82) is 0 Å². The molecule has 6 amide bonds. The fourth-order valence-corrected chi connectivity index (χ4v) is 11.0. The average molecular weight is 1110 g/mol. The Kier molecular flexibility index (Phi) is 18.5. The largest absolute Gasteiger partial charge is 0.462 e. The van der Waals surface area contributed by atoms with Gasteiger partial charge in [-0.15, -0.1) is 0 Å². The zero-order valence-corrected chi connectivity index (χ0v) is 46.2. The second-order valence-electron chi connectivity index (χ2n) is 21.3. The number of carbonyl (C=O) groups is 7. The van der Waals surface area contributed by atoms with Crippen LogP contribution in [0.3, 0.4) is 0 Å². The van der Waals surface area contributed by atoms with E-state index in [1.54, 1.807) is 61.1 Å². The van der Waals surface area contributed by atoms with Crippen LogP contribution in [0, 0.1) is 5.82 Å². The number of amides is 6. The van der Waals surface area contributed by atoms with Crippen molar-refractivity contribution in [2.45, 2.75) is 109 Å². The number of nitrogens with one attached hydrogen (secondary N) is 4. The smallest absolute Gasteiger partial charge is 0.325 e. The monoisotopic (exact) mass is 1110 g/mol. The Morgan fingerprint density at radius 1 is 0.741 bits per heavy atom. The molecule has 6 N–H and O–H groups in total. The Balaban J connectivity index is 0.724. The maximum absolute atomic E-state index is 16.0. The molecule has 6 heterocycles. The fourth-order valence-electron chi connectivity index (χ4n) is 11.0. The van der Waals surface area contributed by atoms with E-state index >= 15 is 4.39 Å². The van der Waals surface area contributed by atoms with Gasteiger partial charge in [0.1, 0.15) is 24.7 Å². The molecule has 0 saturated carbocycles. The predicted octanol–water partition coefficient (Wildman–Crippen LogP) is 5.32. The van der Waals surface area contributed by atoms with Crippen molar-refractivity contribution in [3.8, 4) is 11.1 Å². The van der Waals surface area contributed by atoms with Gasteiger partial charge in [-0.25, -0.2) is 14.4 Å². The maximum Gasteiger partial charge on any atom is 0.325 e. The summed E-state index contributed by atoms with van der Waals surface area (Å²) in [5, 5.41) is 21.7. The van der Waals surface area contributed by atoms with Crippen LogP contribution < -0.4 is 31.9 Å². The van der Waals surface area contributed by atoms with E-state index in [0.29, 0.717) is 103 Å². The van der Waals surface area contributed by atoms with Crippen molar-refractivity contribution in [2.75, 3.05) is 69.1 Å². The molecule has 3 fully saturated rings. The molecule has 3 aliphatic rings. The topological polar surface area (TPSA) is 274 Å². The van der Waals surface area contributed by atoms with Gasteiger partial charge in [0.05, 0.1) is 41.8 Å². The molecule has 0 unspecified atom stereocenters. The Labute approximate surface area is 468 Å². The number of rotatable bonds is 21. The van der Waals surface area contributed by atoms with Gasteiger partial charge in [0.2, 0.25) is 29.5 Å². The Morgan fingerprint density at radius 2 is 1.43 bits per heavy atom. The molecule has 428 valence electrons. The number of hydrogen-bond donors (Lipinski definition) is 5. The highest BCUT2D eigenvalue weighted by Crippen LogP contribution is 2.40. The van der Waals surface area contributed by atoms with Crippen LogP contribution in [0.1, 0.15) is 118 Å². The van der Waals surface area contributed by atoms with E-state index in [-0.39, 0.29) is 73.8 Å². The van der Waals surface area contributed by atoms with Gasteiger partial charge in [0, 0.05) is 100 Å². The molecule has 22 nitrogen and oxygen atoms in total. The molecule has 3 aliphatic heterocycles. The first kappa shape index (κ1) is 57.2. The average Bonchev–Trinajstić information content (AvgIpc) is 4.05. The first-order valence-corrected chi connectivity index (χ1v) is 28.0. The fraction of sp³-hybridized carbons (Fsp3) is 0.466. The van der Waals surface area contributed by atoms with E-state index in [1.807, 2.05) is 23.1 Å². The van der Waals surface area contributed by atoms with Crippen molar-refractivity contribution >= 4 is 80.5 Å². The molecular weight excluding hydrogens is 1040 g/mol. The zero-order valence-electron chi connectivity index (χ0n) is 46.2. The van der Waals surface area contributed by atoms with Crippen LogP contribution in [-0.4, -0.2) is 146 Å². The van der Waals surface area contributed by atoms with Crippen LogP contribution in [0.4, 0.5) is 21.7 Å². The molecule has 23 heteroatoms. The Morgan fingerprint density at radius 3 is 2.14 bits per heavy atom. The summed E-state index contributed by atoms with van der Waals surface area (Å²) in [6.45, 7) is 6.55. The number of ether oxygens (including phenoxy) is 1. The number of piperidine rings is 3. The van der Waals surface area contributed by atoms with Gasteiger partial charge < -0.3 is 46.4 Å². The van der Waals surface area contributed by atoms with Gasteiger partial charge in [-0.1, -0.05) is 24.3 Å². The van der Waals surface area contributed by atoms with Crippen LogP contribution >= 0.6 is 0 Å². The first-order chi connectivity index (χ1) is 39.1. The number of aromatic nitrogens is 6. The summed E-state index contributed by atoms with van der Waals surface area (Å²) >= 11 is 0. The van der Waals surface area contributed by atoms with Crippen LogP contribution in [-0.2, 0) is 47.1 Å². The number of primary amides is 1. The van der Waals surface area contributed by atoms with Gasteiger partial charge in [-0.3, -0.25) is 42.9 Å². The van der Waals surface area contributed by atoms with Crippen molar-refractivity contribution in [3.63, 3.8) is 0 Å². The molecule has 0 bridgehead atoms. The second-order valence-corrected chi connectivity index (χ2v) is 21.3. The van der Waals surface area contributed by atoms with Gasteiger partial charge in [-0.05, 0) is 113 Å². The summed E-state index contributed by atoms with van der Waals surface area (Å²) in [6.07, 6.45) is 9.68. The van der Waals surface area contributed by atoms with E-state index in [2.05, 4.69) is 48.4 Å². The van der Waals surface area contributed by atoms with Crippen LogP contribution in [0.5, 0.6) is 0 Å². The molecule has 0 atom stereocenters. The number of likely N-dealkylation sites (tertiary alicyclic amines) is 2. The molecule has 0 radical (unpaired) electrons. The van der Waals surface area contributed by atoms with E-state index in [4.69, 9.17) is 20.6 Å². The van der Waals surface area contributed by atoms with Crippen molar-refractivity contribution < 1.29 is 42.7 Å². The maximum atomic E-state index is 16.0. The highest BCUT2D eigenvalue weighted by atomic mass is 19.1. The molecule has 3 aromatic heterocycles. The molecule has 0 aliphatic carbocycles. The van der Waals surface area contributed by atoms with E-state index in [9.17, 15) is 33.6 Å². The molecule has 3 saturated heterocycles. The Hall–Kier alpha value is -8.50. The number of nitrogens with two attached hydrogens (primary N) is 1. The van der Waals surface area contributed by atoms with E-state index in [0.717, 1.165) is 55.5 Å². The summed E-state index contributed by atoms with van der Waals surface area (Å²) in [4.78, 5) is 104. The molecule has 3 aromatic carbocycles. The van der Waals surface area contributed by atoms with E-state index in [1.165, 1.54) is 17.2 Å². The lowest BCUT2D eigenvalue weighted by atomic mass is 9.88. The normalized spacial score (nSPS) is 15.2. The molecule has 81 heavy (non-hydrogen) atoms. The van der Waals surface area contributed by atoms with Crippen LogP contribution in [0.25, 0.3) is 32.9 Å². The van der Waals surface area contributed by atoms with Gasteiger partial charge in [-0.2, -0.15) is 10.2 Å². The van der Waals surface area contributed by atoms with Crippen molar-refractivity contribution in [2.24, 2.45) is 12.8 Å². The third kappa shape index (κ3) is 14.3. The number of nitrogens with zero attached hydrogens (tertiary/aromatic N) is 9. The summed E-state index contributed by atoms with van der Waals surface area (Å²) < 4.78 is 24.3. The first-order valence-electron chi connectivity index (χ1n) is 28.0. The number of esters is 1. The number of benzene rings is 3. The quantitative estimate of drug-likeness (QED) is 0.0451. The number of carbonyl (C=O) groups excluding carboxylic acids is 7. The predicted molar refractivity (Wildman–Crippen MR) is 302 cm³/mol.